The van der Waals surface area contributed by atoms with Crippen LogP contribution in [0.4, 0.5) is 0 Å². The molecular weight excluding hydrogens is 180 g/mol. The van der Waals surface area contributed by atoms with Crippen molar-refractivity contribution in [2.24, 2.45) is 20.7 Å². The molecule has 0 fully saturated rings. The fraction of sp³-hybridized carbons (Fsp3) is 1.00. The van der Waals surface area contributed by atoms with E-state index >= 15 is 0 Å². The summed E-state index contributed by atoms with van der Waals surface area (Å²) in [6.07, 6.45) is 0. The molecule has 0 spiro atoms. The van der Waals surface area contributed by atoms with Crippen LogP contribution >= 0.6 is 12.6 Å². The van der Waals surface area contributed by atoms with Crippen molar-refractivity contribution in [3.63, 3.8) is 0 Å². The van der Waals surface area contributed by atoms with Crippen molar-refractivity contribution in [1.82, 2.24) is 0 Å². The molecule has 0 aromatic heterocycles. The summed E-state index contributed by atoms with van der Waals surface area (Å²) in [5.74, 6) is 0. The first-order chi connectivity index (χ1) is 4.62. The number of hydrogen-bond donors (Lipinski definition) is 2. The van der Waals surface area contributed by atoms with Gasteiger partial charge >= 0.3 is 5.18 Å². The standard InChI is InChI=1S/CH2N4O3S2/c6-10(7)8-1(9)2-4-5-3-1/h9-10H. The van der Waals surface area contributed by atoms with Crippen molar-refractivity contribution >= 4 is 23.6 Å². The van der Waals surface area contributed by atoms with Crippen LogP contribution in [0.15, 0.2) is 20.7 Å². The molecule has 1 heterocycles. The van der Waals surface area contributed by atoms with Crippen LogP contribution in [-0.4, -0.2) is 13.6 Å². The van der Waals surface area contributed by atoms with Gasteiger partial charge in [-0.15, -0.1) is 0 Å². The third-order valence-electron chi connectivity index (χ3n) is 0.587. The van der Waals surface area contributed by atoms with Crippen molar-refractivity contribution < 1.29 is 12.6 Å². The van der Waals surface area contributed by atoms with Gasteiger partial charge in [0.25, 0.3) is 11.0 Å². The SMILES string of the molecule is O=[SH](=O)OC1(S)N=NN=N1. The van der Waals surface area contributed by atoms with Gasteiger partial charge < -0.3 is 0 Å². The van der Waals surface area contributed by atoms with Crippen LogP contribution in [0.3, 0.4) is 0 Å². The molecule has 1 aliphatic heterocycles. The highest BCUT2D eigenvalue weighted by atomic mass is 32.2. The Balaban J connectivity index is 2.71. The van der Waals surface area contributed by atoms with Crippen molar-refractivity contribution in [1.29, 1.82) is 0 Å². The molecule has 0 atom stereocenters. The molecule has 0 radical (unpaired) electrons. The van der Waals surface area contributed by atoms with Gasteiger partial charge in [-0.05, 0) is 10.4 Å². The average Bonchev–Trinajstić information content (AvgIpc) is 2.12. The molecule has 1 aliphatic rings. The summed E-state index contributed by atoms with van der Waals surface area (Å²) in [6.45, 7) is 0. The minimum absolute atomic E-state index is 1.77. The third-order valence-corrected chi connectivity index (χ3v) is 1.40. The molecule has 0 N–H and O–H groups in total. The van der Waals surface area contributed by atoms with E-state index in [1.807, 2.05) is 0 Å². The third kappa shape index (κ3) is 1.72. The predicted octanol–water partition coefficient (Wildman–Crippen LogP) is -0.0965. The van der Waals surface area contributed by atoms with E-state index < -0.39 is 16.2 Å². The maximum absolute atomic E-state index is 9.92. The molecule has 0 saturated carbocycles. The Morgan fingerprint density at radius 3 is 2.20 bits per heavy atom. The Morgan fingerprint density at radius 2 is 1.80 bits per heavy atom. The average molecular weight is 182 g/mol. The normalized spacial score (nSPS) is 20.6. The second kappa shape index (κ2) is 2.60. The van der Waals surface area contributed by atoms with E-state index in [4.69, 9.17) is 0 Å². The number of hydrogen-bond acceptors (Lipinski definition) is 8. The summed E-state index contributed by atoms with van der Waals surface area (Å²) in [5.41, 5.74) is 0. The summed E-state index contributed by atoms with van der Waals surface area (Å²) >= 11 is 3.59. The zero-order valence-corrected chi connectivity index (χ0v) is 6.20. The van der Waals surface area contributed by atoms with Gasteiger partial charge in [0.2, 0.25) is 0 Å². The van der Waals surface area contributed by atoms with Gasteiger partial charge in [-0.25, -0.2) is 12.6 Å². The Labute approximate surface area is 62.7 Å². The van der Waals surface area contributed by atoms with E-state index in [9.17, 15) is 8.42 Å². The Kier molecular flexibility index (Phi) is 1.97. The highest BCUT2D eigenvalue weighted by Crippen LogP contribution is 2.25. The molecule has 7 nitrogen and oxygen atoms in total. The van der Waals surface area contributed by atoms with Gasteiger partial charge in [0, 0.05) is 0 Å². The second-order valence-corrected chi connectivity index (χ2v) is 2.48. The molecule has 56 valence electrons. The van der Waals surface area contributed by atoms with Crippen molar-refractivity contribution in [3.05, 3.63) is 0 Å². The topological polar surface area (TPSA) is 92.8 Å². The maximum atomic E-state index is 9.92. The first-order valence-corrected chi connectivity index (χ1v) is 3.57. The fourth-order valence-electron chi connectivity index (χ4n) is 0.313. The van der Waals surface area contributed by atoms with E-state index in [0.717, 1.165) is 0 Å². The summed E-state index contributed by atoms with van der Waals surface area (Å²) in [5, 5.41) is 10.6. The largest absolute Gasteiger partial charge is 0.358 e. The van der Waals surface area contributed by atoms with E-state index in [-0.39, 0.29) is 0 Å². The zero-order valence-electron chi connectivity index (χ0n) is 4.41. The van der Waals surface area contributed by atoms with Crippen molar-refractivity contribution in [2.45, 2.75) is 5.18 Å². The van der Waals surface area contributed by atoms with E-state index in [0.29, 0.717) is 0 Å². The molecule has 0 aromatic carbocycles. The van der Waals surface area contributed by atoms with Gasteiger partial charge in [-0.3, -0.25) is 0 Å². The lowest BCUT2D eigenvalue weighted by molar-refractivity contribution is 0.203. The minimum atomic E-state index is -3.04. The summed E-state index contributed by atoms with van der Waals surface area (Å²) in [4.78, 5) is 0. The van der Waals surface area contributed by atoms with E-state index in [1.165, 1.54) is 0 Å². The Bertz CT molecular complexity index is 235. The van der Waals surface area contributed by atoms with Gasteiger partial charge in [-0.2, -0.15) is 0 Å². The first kappa shape index (κ1) is 7.57. The molecule has 10 heavy (non-hydrogen) atoms. The van der Waals surface area contributed by atoms with Gasteiger partial charge in [0.05, 0.1) is 0 Å². The number of rotatable bonds is 2. The molecule has 0 saturated heterocycles. The van der Waals surface area contributed by atoms with Gasteiger partial charge in [0.1, 0.15) is 0 Å². The van der Waals surface area contributed by atoms with Crippen molar-refractivity contribution in [2.75, 3.05) is 0 Å². The van der Waals surface area contributed by atoms with Gasteiger partial charge in [-0.1, -0.05) is 22.9 Å². The van der Waals surface area contributed by atoms with E-state index in [1.54, 1.807) is 0 Å². The molecule has 9 heteroatoms. The molecule has 0 unspecified atom stereocenters. The predicted molar refractivity (Wildman–Crippen MR) is 32.8 cm³/mol. The Morgan fingerprint density at radius 1 is 1.30 bits per heavy atom. The fourth-order valence-corrected chi connectivity index (χ4v) is 0.866. The highest BCUT2D eigenvalue weighted by Gasteiger charge is 2.30. The van der Waals surface area contributed by atoms with Gasteiger partial charge in [0.15, 0.2) is 0 Å². The van der Waals surface area contributed by atoms with Crippen LogP contribution in [-0.2, 0) is 15.2 Å². The Hall–Kier alpha value is -0.540. The van der Waals surface area contributed by atoms with Crippen LogP contribution in [0, 0.1) is 0 Å². The molecule has 0 bridgehead atoms. The molecule has 0 aromatic rings. The minimum Gasteiger partial charge on any atom is -0.207 e. The van der Waals surface area contributed by atoms with Crippen molar-refractivity contribution in [3.8, 4) is 0 Å². The summed E-state index contributed by atoms with van der Waals surface area (Å²) < 4.78 is 23.9. The van der Waals surface area contributed by atoms with Crippen LogP contribution in [0.5, 0.6) is 0 Å². The summed E-state index contributed by atoms with van der Waals surface area (Å²) in [7, 11) is -3.04. The monoisotopic (exact) mass is 182 g/mol. The van der Waals surface area contributed by atoms with E-state index in [2.05, 4.69) is 37.5 Å². The number of nitrogens with zero attached hydrogens (tertiary/aromatic N) is 4. The summed E-state index contributed by atoms with van der Waals surface area (Å²) in [6, 6.07) is 0. The van der Waals surface area contributed by atoms with Crippen LogP contribution < -0.4 is 0 Å². The lowest BCUT2D eigenvalue weighted by Crippen LogP contribution is -2.16. The lowest BCUT2D eigenvalue weighted by atomic mass is 11.1. The number of thiol groups is 2. The smallest absolute Gasteiger partial charge is 0.207 e. The van der Waals surface area contributed by atoms with Crippen LogP contribution in [0.25, 0.3) is 0 Å². The van der Waals surface area contributed by atoms with Crippen LogP contribution in [0.2, 0.25) is 0 Å². The maximum Gasteiger partial charge on any atom is 0.358 e. The van der Waals surface area contributed by atoms with Crippen LogP contribution in [0.1, 0.15) is 0 Å². The molecule has 1 rings (SSSR count). The zero-order chi connectivity index (χ0) is 7.61. The highest BCUT2D eigenvalue weighted by molar-refractivity contribution is 7.82. The molecule has 0 aliphatic carbocycles. The molecular formula is CH2N4O3S2. The molecule has 0 amide bonds. The lowest BCUT2D eigenvalue weighted by Gasteiger charge is -2.05. The first-order valence-electron chi connectivity index (χ1n) is 2.02. The second-order valence-electron chi connectivity index (χ2n) is 1.27. The quantitative estimate of drug-likeness (QED) is 0.461.